The Morgan fingerprint density at radius 2 is 2.11 bits per heavy atom. The van der Waals surface area contributed by atoms with E-state index in [0.29, 0.717) is 6.04 Å². The lowest BCUT2D eigenvalue weighted by molar-refractivity contribution is 0.419. The molecule has 1 atom stereocenters. The third-order valence-electron chi connectivity index (χ3n) is 5.03. The van der Waals surface area contributed by atoms with Crippen molar-refractivity contribution < 1.29 is 0 Å². The average Bonchev–Trinajstić information content (AvgIpc) is 3.06. The van der Waals surface area contributed by atoms with Crippen LogP contribution < -0.4 is 5.32 Å². The summed E-state index contributed by atoms with van der Waals surface area (Å²) in [6.45, 7) is 1.18. The van der Waals surface area contributed by atoms with Crippen LogP contribution in [0.4, 0.5) is 0 Å². The molecule has 1 N–H and O–H groups in total. The summed E-state index contributed by atoms with van der Waals surface area (Å²) in [6, 6.07) is 0.557. The summed E-state index contributed by atoms with van der Waals surface area (Å²) in [4.78, 5) is 0. The second-order valence-corrected chi connectivity index (χ2v) is 6.36. The summed E-state index contributed by atoms with van der Waals surface area (Å²) in [5.74, 6) is 1.03. The molecular weight excluding hydrogens is 234 g/mol. The van der Waals surface area contributed by atoms with Crippen molar-refractivity contribution in [3.05, 3.63) is 17.5 Å². The van der Waals surface area contributed by atoms with E-state index in [-0.39, 0.29) is 0 Å². The maximum absolute atomic E-state index is 4.42. The topological polar surface area (TPSA) is 29.9 Å². The van der Waals surface area contributed by atoms with E-state index in [2.05, 4.69) is 28.3 Å². The monoisotopic (exact) mass is 261 g/mol. The standard InChI is InChI=1S/C16H27N3/c1-19-16-10-4-9-15(14(16)12-18-19)17-11-5-8-13-6-2-3-7-13/h12-13,15,17H,2-11H2,1H3. The van der Waals surface area contributed by atoms with Gasteiger partial charge in [-0.15, -0.1) is 0 Å². The largest absolute Gasteiger partial charge is 0.310 e. The fourth-order valence-electron chi connectivity index (χ4n) is 3.88. The van der Waals surface area contributed by atoms with Gasteiger partial charge in [0, 0.05) is 24.3 Å². The minimum absolute atomic E-state index is 0.557. The molecule has 0 radical (unpaired) electrons. The number of fused-ring (bicyclic) bond motifs is 1. The summed E-state index contributed by atoms with van der Waals surface area (Å²) < 4.78 is 2.06. The van der Waals surface area contributed by atoms with Gasteiger partial charge >= 0.3 is 0 Å². The molecule has 1 fully saturated rings. The van der Waals surface area contributed by atoms with Crippen molar-refractivity contribution in [3.63, 3.8) is 0 Å². The van der Waals surface area contributed by atoms with E-state index in [1.165, 1.54) is 75.6 Å². The minimum Gasteiger partial charge on any atom is -0.310 e. The Morgan fingerprint density at radius 3 is 2.95 bits per heavy atom. The van der Waals surface area contributed by atoms with Gasteiger partial charge in [-0.05, 0) is 44.6 Å². The van der Waals surface area contributed by atoms with E-state index < -0.39 is 0 Å². The zero-order chi connectivity index (χ0) is 13.1. The molecule has 19 heavy (non-hydrogen) atoms. The van der Waals surface area contributed by atoms with Gasteiger partial charge in [-0.3, -0.25) is 4.68 Å². The predicted molar refractivity (Wildman–Crippen MR) is 78.1 cm³/mol. The number of hydrogen-bond acceptors (Lipinski definition) is 2. The minimum atomic E-state index is 0.557. The normalized spacial score (nSPS) is 23.7. The SMILES string of the molecule is Cn1ncc2c1CCCC2NCCCC1CCCC1. The third kappa shape index (κ3) is 3.02. The van der Waals surface area contributed by atoms with Crippen molar-refractivity contribution in [1.82, 2.24) is 15.1 Å². The molecule has 3 rings (SSSR count). The Kier molecular flexibility index (Phi) is 4.21. The smallest absolute Gasteiger partial charge is 0.0540 e. The van der Waals surface area contributed by atoms with Crippen LogP contribution in [0, 0.1) is 5.92 Å². The molecule has 0 aromatic carbocycles. The number of hydrogen-bond donors (Lipinski definition) is 1. The van der Waals surface area contributed by atoms with Gasteiger partial charge < -0.3 is 5.32 Å². The van der Waals surface area contributed by atoms with Gasteiger partial charge in [0.25, 0.3) is 0 Å². The van der Waals surface area contributed by atoms with Crippen LogP contribution in [-0.4, -0.2) is 16.3 Å². The third-order valence-corrected chi connectivity index (χ3v) is 5.03. The zero-order valence-corrected chi connectivity index (χ0v) is 12.2. The molecule has 1 unspecified atom stereocenters. The van der Waals surface area contributed by atoms with Crippen molar-refractivity contribution in [2.75, 3.05) is 6.54 Å². The van der Waals surface area contributed by atoms with Gasteiger partial charge in [-0.25, -0.2) is 0 Å². The fourth-order valence-corrected chi connectivity index (χ4v) is 3.88. The van der Waals surface area contributed by atoms with Crippen LogP contribution in [0.15, 0.2) is 6.20 Å². The van der Waals surface area contributed by atoms with E-state index >= 15 is 0 Å². The zero-order valence-electron chi connectivity index (χ0n) is 12.2. The summed E-state index contributed by atoms with van der Waals surface area (Å²) in [7, 11) is 2.07. The second kappa shape index (κ2) is 6.08. The van der Waals surface area contributed by atoms with Crippen LogP contribution in [0.1, 0.15) is 68.7 Å². The molecule has 0 aliphatic heterocycles. The molecule has 3 heteroatoms. The Labute approximate surface area is 116 Å². The van der Waals surface area contributed by atoms with Crippen molar-refractivity contribution in [2.45, 2.75) is 63.8 Å². The Morgan fingerprint density at radius 1 is 1.26 bits per heavy atom. The van der Waals surface area contributed by atoms with Crippen LogP contribution >= 0.6 is 0 Å². The van der Waals surface area contributed by atoms with Crippen LogP contribution in [-0.2, 0) is 13.5 Å². The van der Waals surface area contributed by atoms with E-state index in [4.69, 9.17) is 0 Å². The highest BCUT2D eigenvalue weighted by Crippen LogP contribution is 2.30. The summed E-state index contributed by atoms with van der Waals surface area (Å²) in [6.07, 6.45) is 14.5. The fraction of sp³-hybridized carbons (Fsp3) is 0.812. The quantitative estimate of drug-likeness (QED) is 0.824. The van der Waals surface area contributed by atoms with Crippen LogP contribution in [0.2, 0.25) is 0 Å². The molecule has 1 aromatic rings. The maximum Gasteiger partial charge on any atom is 0.0540 e. The van der Waals surface area contributed by atoms with Crippen molar-refractivity contribution in [1.29, 1.82) is 0 Å². The molecule has 1 aromatic heterocycles. The number of aryl methyl sites for hydroxylation is 1. The first-order valence-corrected chi connectivity index (χ1v) is 8.09. The second-order valence-electron chi connectivity index (χ2n) is 6.36. The molecule has 1 heterocycles. The molecule has 2 aliphatic carbocycles. The summed E-state index contributed by atoms with van der Waals surface area (Å²) >= 11 is 0. The molecule has 0 amide bonds. The Balaban J connectivity index is 1.45. The molecule has 0 saturated heterocycles. The molecule has 1 saturated carbocycles. The Hall–Kier alpha value is -0.830. The molecule has 0 spiro atoms. The van der Waals surface area contributed by atoms with E-state index in [1.807, 2.05) is 0 Å². The van der Waals surface area contributed by atoms with E-state index in [9.17, 15) is 0 Å². The molecular formula is C16H27N3. The lowest BCUT2D eigenvalue weighted by Gasteiger charge is -2.24. The lowest BCUT2D eigenvalue weighted by atomic mass is 9.92. The molecule has 3 nitrogen and oxygen atoms in total. The first-order chi connectivity index (χ1) is 9.34. The lowest BCUT2D eigenvalue weighted by Crippen LogP contribution is -2.26. The first-order valence-electron chi connectivity index (χ1n) is 8.09. The summed E-state index contributed by atoms with van der Waals surface area (Å²) in [5.41, 5.74) is 2.90. The highest BCUT2D eigenvalue weighted by Gasteiger charge is 2.22. The van der Waals surface area contributed by atoms with Crippen molar-refractivity contribution in [3.8, 4) is 0 Å². The summed E-state index contributed by atoms with van der Waals surface area (Å²) in [5, 5.41) is 8.18. The van der Waals surface area contributed by atoms with Gasteiger partial charge in [0.1, 0.15) is 0 Å². The van der Waals surface area contributed by atoms with Gasteiger partial charge in [-0.2, -0.15) is 5.10 Å². The van der Waals surface area contributed by atoms with Crippen LogP contribution in [0.5, 0.6) is 0 Å². The molecule has 2 aliphatic rings. The predicted octanol–water partition coefficient (Wildman–Crippen LogP) is 3.36. The van der Waals surface area contributed by atoms with Gasteiger partial charge in [-0.1, -0.05) is 25.7 Å². The number of nitrogens with one attached hydrogen (secondary N) is 1. The van der Waals surface area contributed by atoms with Crippen molar-refractivity contribution >= 4 is 0 Å². The first kappa shape index (κ1) is 13.2. The Bertz CT molecular complexity index is 404. The number of nitrogens with zero attached hydrogens (tertiary/aromatic N) is 2. The number of aromatic nitrogens is 2. The van der Waals surface area contributed by atoms with E-state index in [1.54, 1.807) is 0 Å². The number of rotatable bonds is 5. The highest BCUT2D eigenvalue weighted by atomic mass is 15.3. The van der Waals surface area contributed by atoms with Crippen LogP contribution in [0.3, 0.4) is 0 Å². The van der Waals surface area contributed by atoms with Crippen molar-refractivity contribution in [2.24, 2.45) is 13.0 Å². The maximum atomic E-state index is 4.42. The van der Waals surface area contributed by atoms with Gasteiger partial charge in [0.05, 0.1) is 6.20 Å². The molecule has 0 bridgehead atoms. The van der Waals surface area contributed by atoms with Gasteiger partial charge in [0.15, 0.2) is 0 Å². The van der Waals surface area contributed by atoms with Gasteiger partial charge in [0.2, 0.25) is 0 Å². The highest BCUT2D eigenvalue weighted by molar-refractivity contribution is 5.24. The average molecular weight is 261 g/mol. The molecule has 106 valence electrons. The van der Waals surface area contributed by atoms with E-state index in [0.717, 1.165) is 5.92 Å². The van der Waals surface area contributed by atoms with Crippen LogP contribution in [0.25, 0.3) is 0 Å².